The molecule has 0 saturated carbocycles. The van der Waals surface area contributed by atoms with Gasteiger partial charge in [-0.05, 0) is 42.5 Å². The zero-order chi connectivity index (χ0) is 37.0. The largest absolute Gasteiger partial charge is 0.456 e. The Balaban J connectivity index is 1.06. The molecule has 4 aromatic heterocycles. The van der Waals surface area contributed by atoms with Crippen molar-refractivity contribution < 1.29 is 4.42 Å². The van der Waals surface area contributed by atoms with Crippen LogP contribution in [0.1, 0.15) is 0 Å². The standard InChI is InChI=1S/C49H29N5OS/c1-4-13-30(14-5-1)40-29-41(31-15-6-2-7-16-31)51-49(50-40)38-21-12-20-37-36-25-23-34(28-44(36)56-45(37)38)48-53-46(32-17-8-3-9-18-32)52-47(54-48)33-24-26-43-39(27-33)35-19-10-11-22-42(35)55-43/h1-29H. The molecular weight excluding hydrogens is 707 g/mol. The molecule has 0 unspecified atom stereocenters. The van der Waals surface area contributed by atoms with E-state index < -0.39 is 0 Å². The first-order chi connectivity index (χ1) is 27.7. The van der Waals surface area contributed by atoms with Crippen LogP contribution in [0.4, 0.5) is 0 Å². The summed E-state index contributed by atoms with van der Waals surface area (Å²) in [6.45, 7) is 0. The number of benzene rings is 7. The highest BCUT2D eigenvalue weighted by atomic mass is 32.1. The summed E-state index contributed by atoms with van der Waals surface area (Å²) in [5.41, 5.74) is 9.27. The van der Waals surface area contributed by atoms with E-state index in [0.29, 0.717) is 23.3 Å². The van der Waals surface area contributed by atoms with Crippen molar-refractivity contribution in [3.8, 4) is 68.1 Å². The van der Waals surface area contributed by atoms with E-state index in [4.69, 9.17) is 29.3 Å². The second-order valence-electron chi connectivity index (χ2n) is 13.7. The first-order valence-electron chi connectivity index (χ1n) is 18.4. The van der Waals surface area contributed by atoms with E-state index in [1.54, 1.807) is 11.3 Å². The van der Waals surface area contributed by atoms with E-state index in [1.165, 1.54) is 0 Å². The maximum atomic E-state index is 6.12. The highest BCUT2D eigenvalue weighted by Gasteiger charge is 2.18. The van der Waals surface area contributed by atoms with Gasteiger partial charge in [0.05, 0.1) is 11.4 Å². The number of aromatic nitrogens is 5. The number of furan rings is 1. The molecule has 0 spiro atoms. The molecule has 0 amide bonds. The summed E-state index contributed by atoms with van der Waals surface area (Å²) >= 11 is 1.74. The van der Waals surface area contributed by atoms with Crippen LogP contribution in [0.25, 0.3) is 110 Å². The summed E-state index contributed by atoms with van der Waals surface area (Å²) in [5, 5.41) is 4.40. The van der Waals surface area contributed by atoms with E-state index in [-0.39, 0.29) is 0 Å². The lowest BCUT2D eigenvalue weighted by molar-refractivity contribution is 0.669. The number of hydrogen-bond acceptors (Lipinski definition) is 7. The fourth-order valence-corrected chi connectivity index (χ4v) is 8.66. The Labute approximate surface area is 325 Å². The molecule has 6 nitrogen and oxygen atoms in total. The van der Waals surface area contributed by atoms with E-state index in [0.717, 1.165) is 86.9 Å². The highest BCUT2D eigenvalue weighted by Crippen LogP contribution is 2.41. The molecule has 0 aliphatic carbocycles. The average Bonchev–Trinajstić information content (AvgIpc) is 3.85. The fraction of sp³-hybridized carbons (Fsp3) is 0. The van der Waals surface area contributed by atoms with Crippen LogP contribution in [0.2, 0.25) is 0 Å². The molecule has 4 heterocycles. The predicted molar refractivity (Wildman–Crippen MR) is 228 cm³/mol. The van der Waals surface area contributed by atoms with Gasteiger partial charge in [-0.2, -0.15) is 0 Å². The molecule has 11 rings (SSSR count). The normalized spacial score (nSPS) is 11.6. The second kappa shape index (κ2) is 13.2. The summed E-state index contributed by atoms with van der Waals surface area (Å²) in [7, 11) is 0. The van der Waals surface area contributed by atoms with Crippen LogP contribution in [-0.2, 0) is 0 Å². The van der Waals surface area contributed by atoms with Gasteiger partial charge in [0.15, 0.2) is 23.3 Å². The molecule has 262 valence electrons. The predicted octanol–water partition coefficient (Wildman–Crippen LogP) is 12.9. The SMILES string of the molecule is c1ccc(-c2cc(-c3ccccc3)nc(-c3cccc4c3sc3cc(-c5nc(-c6ccccc6)nc(-c6ccc7oc8ccccc8c7c6)n5)ccc34)n2)cc1. The molecule has 0 N–H and O–H groups in total. The molecule has 0 fully saturated rings. The Hall–Kier alpha value is -7.35. The van der Waals surface area contributed by atoms with E-state index in [2.05, 4.69) is 78.9 Å². The van der Waals surface area contributed by atoms with Crippen molar-refractivity contribution in [2.75, 3.05) is 0 Å². The van der Waals surface area contributed by atoms with Gasteiger partial charge in [-0.25, -0.2) is 24.9 Å². The number of nitrogens with zero attached hydrogens (tertiary/aromatic N) is 5. The summed E-state index contributed by atoms with van der Waals surface area (Å²) in [4.78, 5) is 25.5. The van der Waals surface area contributed by atoms with Crippen molar-refractivity contribution in [1.82, 2.24) is 24.9 Å². The molecule has 0 aliphatic heterocycles. The average molecular weight is 736 g/mol. The minimum Gasteiger partial charge on any atom is -0.456 e. The van der Waals surface area contributed by atoms with E-state index in [1.807, 2.05) is 97.1 Å². The molecule has 0 atom stereocenters. The van der Waals surface area contributed by atoms with Crippen LogP contribution < -0.4 is 0 Å². The van der Waals surface area contributed by atoms with Gasteiger partial charge in [0.25, 0.3) is 0 Å². The minimum atomic E-state index is 0.601. The summed E-state index contributed by atoms with van der Waals surface area (Å²) in [6, 6.07) is 59.9. The Morgan fingerprint density at radius 2 is 0.893 bits per heavy atom. The zero-order valence-electron chi connectivity index (χ0n) is 29.8. The van der Waals surface area contributed by atoms with Crippen LogP contribution in [0.15, 0.2) is 180 Å². The monoisotopic (exact) mass is 735 g/mol. The van der Waals surface area contributed by atoms with Gasteiger partial charge in [-0.15, -0.1) is 11.3 Å². The molecule has 0 saturated heterocycles. The molecule has 0 bridgehead atoms. The van der Waals surface area contributed by atoms with Crippen molar-refractivity contribution in [1.29, 1.82) is 0 Å². The summed E-state index contributed by atoms with van der Waals surface area (Å²) < 4.78 is 8.38. The van der Waals surface area contributed by atoms with Crippen LogP contribution in [0.5, 0.6) is 0 Å². The van der Waals surface area contributed by atoms with Gasteiger partial charge in [-0.3, -0.25) is 0 Å². The molecule has 0 aliphatic rings. The van der Waals surface area contributed by atoms with Crippen LogP contribution in [0, 0.1) is 0 Å². The quantitative estimate of drug-likeness (QED) is 0.169. The van der Waals surface area contributed by atoms with Gasteiger partial charge in [0.2, 0.25) is 0 Å². The number of hydrogen-bond donors (Lipinski definition) is 0. The van der Waals surface area contributed by atoms with E-state index >= 15 is 0 Å². The lowest BCUT2D eigenvalue weighted by Crippen LogP contribution is -2.00. The highest BCUT2D eigenvalue weighted by molar-refractivity contribution is 7.26. The summed E-state index contributed by atoms with van der Waals surface area (Å²) in [6.07, 6.45) is 0. The van der Waals surface area contributed by atoms with Crippen molar-refractivity contribution in [3.63, 3.8) is 0 Å². The molecule has 7 aromatic carbocycles. The van der Waals surface area contributed by atoms with Gasteiger partial charge in [-0.1, -0.05) is 133 Å². The van der Waals surface area contributed by atoms with Gasteiger partial charge in [0.1, 0.15) is 11.2 Å². The fourth-order valence-electron chi connectivity index (χ4n) is 7.41. The Kier molecular flexibility index (Phi) is 7.57. The third kappa shape index (κ3) is 5.61. The second-order valence-corrected chi connectivity index (χ2v) is 14.7. The van der Waals surface area contributed by atoms with Crippen molar-refractivity contribution in [2.45, 2.75) is 0 Å². The summed E-state index contributed by atoms with van der Waals surface area (Å²) in [5.74, 6) is 2.52. The van der Waals surface area contributed by atoms with Gasteiger partial charge in [0, 0.05) is 64.3 Å². The number of para-hydroxylation sites is 1. The maximum Gasteiger partial charge on any atom is 0.164 e. The smallest absolute Gasteiger partial charge is 0.164 e. The number of fused-ring (bicyclic) bond motifs is 6. The first-order valence-corrected chi connectivity index (χ1v) is 19.2. The minimum absolute atomic E-state index is 0.601. The third-order valence-corrected chi connectivity index (χ3v) is 11.4. The Bertz CT molecular complexity index is 3190. The van der Waals surface area contributed by atoms with Gasteiger partial charge >= 0.3 is 0 Å². The zero-order valence-corrected chi connectivity index (χ0v) is 30.6. The van der Waals surface area contributed by atoms with Gasteiger partial charge < -0.3 is 4.42 Å². The Morgan fingerprint density at radius 3 is 1.59 bits per heavy atom. The maximum absolute atomic E-state index is 6.12. The molecule has 7 heteroatoms. The van der Waals surface area contributed by atoms with Crippen molar-refractivity contribution in [2.24, 2.45) is 0 Å². The third-order valence-electron chi connectivity index (χ3n) is 10.2. The molecule has 0 radical (unpaired) electrons. The molecule has 11 aromatic rings. The molecule has 56 heavy (non-hydrogen) atoms. The number of thiophene rings is 1. The lowest BCUT2D eigenvalue weighted by Gasteiger charge is -2.10. The van der Waals surface area contributed by atoms with Crippen LogP contribution >= 0.6 is 11.3 Å². The number of rotatable bonds is 6. The Morgan fingerprint density at radius 1 is 0.339 bits per heavy atom. The van der Waals surface area contributed by atoms with Crippen LogP contribution in [-0.4, -0.2) is 24.9 Å². The van der Waals surface area contributed by atoms with Crippen LogP contribution in [0.3, 0.4) is 0 Å². The first kappa shape index (κ1) is 32.1. The van der Waals surface area contributed by atoms with Crippen molar-refractivity contribution in [3.05, 3.63) is 176 Å². The topological polar surface area (TPSA) is 77.6 Å². The van der Waals surface area contributed by atoms with Crippen molar-refractivity contribution >= 4 is 53.4 Å². The lowest BCUT2D eigenvalue weighted by atomic mass is 10.0. The molecular formula is C49H29N5OS. The van der Waals surface area contributed by atoms with E-state index in [9.17, 15) is 0 Å².